The van der Waals surface area contributed by atoms with Crippen molar-refractivity contribution in [1.82, 2.24) is 4.90 Å². The van der Waals surface area contributed by atoms with Crippen molar-refractivity contribution >= 4 is 40.6 Å². The number of nitrogens with zero attached hydrogens (tertiary/aromatic N) is 2. The van der Waals surface area contributed by atoms with Gasteiger partial charge in [-0.15, -0.1) is 0 Å². The zero-order valence-corrected chi connectivity index (χ0v) is 17.0. The molecule has 1 aromatic heterocycles. The molecular formula is C20H18N2O7S. The van der Waals surface area contributed by atoms with Gasteiger partial charge in [-0.05, 0) is 43.3 Å². The van der Waals surface area contributed by atoms with Crippen LogP contribution in [-0.2, 0) is 14.3 Å². The number of rotatable bonds is 7. The summed E-state index contributed by atoms with van der Waals surface area (Å²) < 4.78 is 10.7. The summed E-state index contributed by atoms with van der Waals surface area (Å²) in [6, 6.07) is 9.19. The molecule has 0 saturated carbocycles. The topological polar surface area (TPSA) is 120 Å². The second-order valence-corrected chi connectivity index (χ2v) is 7.45. The van der Waals surface area contributed by atoms with E-state index < -0.39 is 28.6 Å². The molecule has 1 atom stereocenters. The molecule has 2 amide bonds. The van der Waals surface area contributed by atoms with Gasteiger partial charge < -0.3 is 9.15 Å². The first-order valence-corrected chi connectivity index (χ1v) is 9.90. The van der Waals surface area contributed by atoms with Crippen molar-refractivity contribution in [3.63, 3.8) is 0 Å². The summed E-state index contributed by atoms with van der Waals surface area (Å²) in [5, 5.41) is 10.6. The average Bonchev–Trinajstić information content (AvgIpc) is 3.28. The van der Waals surface area contributed by atoms with E-state index in [4.69, 9.17) is 9.15 Å². The molecule has 2 aromatic rings. The first-order valence-electron chi connectivity index (χ1n) is 9.08. The normalized spacial score (nSPS) is 16.2. The van der Waals surface area contributed by atoms with Crippen molar-refractivity contribution in [3.05, 3.63) is 57.2 Å². The van der Waals surface area contributed by atoms with Crippen LogP contribution in [-0.4, -0.2) is 39.6 Å². The molecule has 0 unspecified atom stereocenters. The predicted octanol–water partition coefficient (Wildman–Crippen LogP) is 4.23. The van der Waals surface area contributed by atoms with Gasteiger partial charge in [0.05, 0.1) is 21.5 Å². The summed E-state index contributed by atoms with van der Waals surface area (Å²) in [5.74, 6) is -0.792. The molecule has 0 aliphatic carbocycles. The van der Waals surface area contributed by atoms with Gasteiger partial charge in [0.2, 0.25) is 0 Å². The number of amides is 2. The number of imide groups is 1. The van der Waals surface area contributed by atoms with E-state index in [1.807, 2.05) is 6.92 Å². The van der Waals surface area contributed by atoms with Crippen LogP contribution in [0.3, 0.4) is 0 Å². The Hall–Kier alpha value is -3.40. The molecule has 1 aromatic carbocycles. The number of ether oxygens (including phenoxy) is 1. The molecule has 0 N–H and O–H groups in total. The van der Waals surface area contributed by atoms with Gasteiger partial charge in [-0.25, -0.2) is 0 Å². The molecule has 1 fully saturated rings. The van der Waals surface area contributed by atoms with Crippen LogP contribution >= 0.6 is 11.8 Å². The minimum absolute atomic E-state index is 0.0831. The van der Waals surface area contributed by atoms with Crippen LogP contribution in [0.25, 0.3) is 17.4 Å². The molecule has 1 aliphatic heterocycles. The fourth-order valence-corrected chi connectivity index (χ4v) is 3.47. The highest BCUT2D eigenvalue weighted by atomic mass is 32.2. The highest BCUT2D eigenvalue weighted by Crippen LogP contribution is 2.35. The van der Waals surface area contributed by atoms with Crippen LogP contribution in [0.15, 0.2) is 45.7 Å². The average molecular weight is 430 g/mol. The van der Waals surface area contributed by atoms with Crippen molar-refractivity contribution < 1.29 is 28.5 Å². The third-order valence-corrected chi connectivity index (χ3v) is 5.24. The van der Waals surface area contributed by atoms with Crippen LogP contribution in [0.1, 0.15) is 26.0 Å². The number of hydrogen-bond acceptors (Lipinski definition) is 8. The van der Waals surface area contributed by atoms with E-state index in [0.29, 0.717) is 23.7 Å². The number of carbonyl (C=O) groups excluding carboxylic acids is 3. The Balaban J connectivity index is 1.77. The van der Waals surface area contributed by atoms with Gasteiger partial charge in [-0.1, -0.05) is 19.1 Å². The van der Waals surface area contributed by atoms with E-state index in [1.165, 1.54) is 18.2 Å². The van der Waals surface area contributed by atoms with Gasteiger partial charge in [0, 0.05) is 12.1 Å². The van der Waals surface area contributed by atoms with Gasteiger partial charge >= 0.3 is 5.97 Å². The molecular weight excluding hydrogens is 412 g/mol. The maximum absolute atomic E-state index is 12.5. The maximum atomic E-state index is 12.5. The lowest BCUT2D eigenvalue weighted by Gasteiger charge is -2.14. The van der Waals surface area contributed by atoms with Crippen LogP contribution in [0.2, 0.25) is 0 Å². The monoisotopic (exact) mass is 430 g/mol. The smallest absolute Gasteiger partial charge is 0.326 e. The first-order chi connectivity index (χ1) is 14.3. The van der Waals surface area contributed by atoms with Gasteiger partial charge in [-0.3, -0.25) is 29.4 Å². The zero-order valence-electron chi connectivity index (χ0n) is 16.2. The zero-order chi connectivity index (χ0) is 21.8. The van der Waals surface area contributed by atoms with Gasteiger partial charge in [0.1, 0.15) is 18.1 Å². The van der Waals surface area contributed by atoms with Crippen molar-refractivity contribution in [2.75, 3.05) is 6.54 Å². The number of carbonyl (C=O) groups is 3. The molecule has 9 nitrogen and oxygen atoms in total. The first kappa shape index (κ1) is 21.3. The highest BCUT2D eigenvalue weighted by molar-refractivity contribution is 8.18. The molecule has 3 rings (SSSR count). The molecule has 1 saturated heterocycles. The molecule has 0 radical (unpaired) electrons. The minimum atomic E-state index is -0.662. The Labute approximate surface area is 175 Å². The Kier molecular flexibility index (Phi) is 6.36. The molecule has 1 aliphatic rings. The van der Waals surface area contributed by atoms with Crippen LogP contribution in [0, 0.1) is 10.1 Å². The van der Waals surface area contributed by atoms with Gasteiger partial charge in [0.25, 0.3) is 16.8 Å². The fraction of sp³-hybridized carbons (Fsp3) is 0.250. The summed E-state index contributed by atoms with van der Waals surface area (Å²) >= 11 is 0.679. The number of benzene rings is 1. The van der Waals surface area contributed by atoms with E-state index >= 15 is 0 Å². The van der Waals surface area contributed by atoms with Crippen LogP contribution in [0.4, 0.5) is 10.5 Å². The van der Waals surface area contributed by atoms with Crippen molar-refractivity contribution in [2.24, 2.45) is 0 Å². The Bertz CT molecular complexity index is 1040. The number of esters is 1. The van der Waals surface area contributed by atoms with Crippen molar-refractivity contribution in [1.29, 1.82) is 0 Å². The van der Waals surface area contributed by atoms with Crippen molar-refractivity contribution in [2.45, 2.75) is 26.4 Å². The predicted molar refractivity (Wildman–Crippen MR) is 109 cm³/mol. The summed E-state index contributed by atoms with van der Waals surface area (Å²) in [6.45, 7) is 3.10. The second kappa shape index (κ2) is 8.95. The lowest BCUT2D eigenvalue weighted by Crippen LogP contribution is -2.35. The summed E-state index contributed by atoms with van der Waals surface area (Å²) in [7, 11) is 0. The van der Waals surface area contributed by atoms with E-state index in [0.717, 1.165) is 4.90 Å². The maximum Gasteiger partial charge on any atom is 0.326 e. The van der Waals surface area contributed by atoms with Crippen LogP contribution < -0.4 is 0 Å². The molecule has 156 valence electrons. The van der Waals surface area contributed by atoms with E-state index in [9.17, 15) is 24.5 Å². The Morgan fingerprint density at radius 2 is 2.03 bits per heavy atom. The van der Waals surface area contributed by atoms with Gasteiger partial charge in [-0.2, -0.15) is 0 Å². The third-order valence-electron chi connectivity index (χ3n) is 4.33. The standard InChI is InChI=1S/C20H18N2O7S/c1-3-12(2)28-18(23)11-21-19(24)17(30-20(21)25)10-13-8-9-16(29-13)14-6-4-5-7-15(14)22(26)27/h4-10,12H,3,11H2,1-2H3/b17-10+/t12-/m0/s1. The number of para-hydroxylation sites is 1. The molecule has 10 heteroatoms. The SMILES string of the molecule is CC[C@H](C)OC(=O)CN1C(=O)S/C(=C/c2ccc(-c3ccccc3[N+](=O)[O-])o2)C1=O. The van der Waals surface area contributed by atoms with E-state index in [-0.39, 0.29) is 28.2 Å². The van der Waals surface area contributed by atoms with Crippen molar-refractivity contribution in [3.8, 4) is 11.3 Å². The molecule has 2 heterocycles. The summed E-state index contributed by atoms with van der Waals surface area (Å²) in [5.41, 5.74) is 0.182. The second-order valence-electron chi connectivity index (χ2n) is 6.45. The number of nitro groups is 1. The summed E-state index contributed by atoms with van der Waals surface area (Å²) in [4.78, 5) is 48.1. The lowest BCUT2D eigenvalue weighted by atomic mass is 10.1. The van der Waals surface area contributed by atoms with Gasteiger partial charge in [0.15, 0.2) is 0 Å². The van der Waals surface area contributed by atoms with E-state index in [1.54, 1.807) is 31.2 Å². The third kappa shape index (κ3) is 4.60. The van der Waals surface area contributed by atoms with E-state index in [2.05, 4.69) is 0 Å². The number of hydrogen-bond donors (Lipinski definition) is 0. The number of nitro benzene ring substituents is 1. The summed E-state index contributed by atoms with van der Waals surface area (Å²) in [6.07, 6.45) is 1.67. The Morgan fingerprint density at radius 1 is 1.30 bits per heavy atom. The minimum Gasteiger partial charge on any atom is -0.461 e. The molecule has 0 bridgehead atoms. The fourth-order valence-electron chi connectivity index (χ4n) is 2.66. The number of thioether (sulfide) groups is 1. The lowest BCUT2D eigenvalue weighted by molar-refractivity contribution is -0.384. The molecule has 30 heavy (non-hydrogen) atoms. The number of furan rings is 1. The van der Waals surface area contributed by atoms with Crippen LogP contribution in [0.5, 0.6) is 0 Å². The quantitative estimate of drug-likeness (QED) is 0.277. The highest BCUT2D eigenvalue weighted by Gasteiger charge is 2.37. The molecule has 0 spiro atoms. The Morgan fingerprint density at radius 3 is 2.73 bits per heavy atom. The largest absolute Gasteiger partial charge is 0.461 e.